The van der Waals surface area contributed by atoms with Crippen LogP contribution in [0.2, 0.25) is 0 Å². The second-order valence-electron chi connectivity index (χ2n) is 14.4. The van der Waals surface area contributed by atoms with Crippen LogP contribution in [0.5, 0.6) is 11.5 Å². The number of hydrogen-bond acceptors (Lipinski definition) is 12. The maximum atomic E-state index is 13.5. The predicted molar refractivity (Wildman–Crippen MR) is 187 cm³/mol. The molecule has 0 spiro atoms. The molecule has 2 aliphatic heterocycles. The second kappa shape index (κ2) is 15.1. The van der Waals surface area contributed by atoms with Crippen molar-refractivity contribution in [3.63, 3.8) is 0 Å². The summed E-state index contributed by atoms with van der Waals surface area (Å²) in [6.07, 6.45) is 8.39. The molecule has 0 bridgehead atoms. The number of ether oxygens (including phenoxy) is 4. The van der Waals surface area contributed by atoms with Crippen molar-refractivity contribution < 1.29 is 57.9 Å². The van der Waals surface area contributed by atoms with E-state index in [1.165, 1.54) is 32.9 Å². The van der Waals surface area contributed by atoms with Crippen LogP contribution in [-0.2, 0) is 28.6 Å². The number of phenols is 1. The first-order chi connectivity index (χ1) is 24.1. The van der Waals surface area contributed by atoms with E-state index >= 15 is 0 Å². The van der Waals surface area contributed by atoms with Gasteiger partial charge >= 0.3 is 5.97 Å². The summed E-state index contributed by atoms with van der Waals surface area (Å²) in [4.78, 5) is 75.6. The second-order valence-corrected chi connectivity index (χ2v) is 14.4. The molecule has 1 amide bonds. The van der Waals surface area contributed by atoms with Gasteiger partial charge in [0.1, 0.15) is 23.9 Å². The largest absolute Gasteiger partial charge is 0.507 e. The molecule has 13 nitrogen and oxygen atoms in total. The number of aromatic hydroxyl groups is 1. The third-order valence-corrected chi connectivity index (χ3v) is 9.71. The zero-order chi connectivity index (χ0) is 39.0. The Balaban J connectivity index is 1.50. The fourth-order valence-electron chi connectivity index (χ4n) is 7.07. The van der Waals surface area contributed by atoms with Crippen LogP contribution in [-0.4, -0.2) is 75.6 Å². The van der Waals surface area contributed by atoms with E-state index in [9.17, 15) is 39.0 Å². The highest BCUT2D eigenvalue weighted by Crippen LogP contribution is 2.47. The van der Waals surface area contributed by atoms with Crippen molar-refractivity contribution in [1.82, 2.24) is 5.32 Å². The Morgan fingerprint density at radius 2 is 1.62 bits per heavy atom. The number of esters is 1. The Morgan fingerprint density at radius 1 is 0.981 bits per heavy atom. The van der Waals surface area contributed by atoms with Crippen molar-refractivity contribution in [3.8, 4) is 11.5 Å². The molecular weight excluding hydrogens is 674 g/mol. The topological polar surface area (TPSA) is 192 Å². The summed E-state index contributed by atoms with van der Waals surface area (Å²) in [5.74, 6) is -8.71. The molecule has 280 valence electrons. The minimum absolute atomic E-state index is 0.0126. The Labute approximate surface area is 302 Å². The molecule has 0 saturated carbocycles. The first-order valence-corrected chi connectivity index (χ1v) is 17.1. The number of amides is 1. The van der Waals surface area contributed by atoms with Gasteiger partial charge in [-0.1, -0.05) is 52.0 Å². The molecule has 0 radical (unpaired) electrons. The van der Waals surface area contributed by atoms with Crippen LogP contribution in [0.3, 0.4) is 0 Å². The lowest BCUT2D eigenvalue weighted by molar-refractivity contribution is -0.336. The molecule has 1 aliphatic carbocycles. The molecule has 4 rings (SSSR count). The third kappa shape index (κ3) is 7.86. The summed E-state index contributed by atoms with van der Waals surface area (Å²) < 4.78 is 23.7. The van der Waals surface area contributed by atoms with Gasteiger partial charge in [-0.3, -0.25) is 28.8 Å². The normalized spacial score (nSPS) is 26.6. The molecule has 13 heteroatoms. The molecule has 1 fully saturated rings. The van der Waals surface area contributed by atoms with Crippen LogP contribution in [0.25, 0.3) is 0 Å². The molecule has 1 aromatic rings. The van der Waals surface area contributed by atoms with Crippen molar-refractivity contribution in [2.24, 2.45) is 23.7 Å². The number of carbonyl (C=O) groups excluding carboxylic acids is 6. The van der Waals surface area contributed by atoms with E-state index in [2.05, 4.69) is 5.32 Å². The number of phenolic OH excluding ortho intramolecular Hbond substituents is 1. The number of benzene rings is 1. The summed E-state index contributed by atoms with van der Waals surface area (Å²) in [6.45, 7) is 16.7. The van der Waals surface area contributed by atoms with Crippen LogP contribution >= 0.6 is 0 Å². The Bertz CT molecular complexity index is 1810. The first kappa shape index (κ1) is 40.1. The molecule has 52 heavy (non-hydrogen) atoms. The van der Waals surface area contributed by atoms with Gasteiger partial charge < -0.3 is 34.5 Å². The number of rotatable bonds is 11. The number of aliphatic hydroxyl groups is 1. The van der Waals surface area contributed by atoms with Gasteiger partial charge in [0.05, 0.1) is 34.6 Å². The number of carbonyl (C=O) groups is 6. The summed E-state index contributed by atoms with van der Waals surface area (Å²) in [5, 5.41) is 23.6. The van der Waals surface area contributed by atoms with Gasteiger partial charge in [0.25, 0.3) is 11.7 Å². The van der Waals surface area contributed by atoms with Crippen molar-refractivity contribution in [2.75, 3.05) is 0 Å². The smallest absolute Gasteiger partial charge is 0.302 e. The predicted octanol–water partition coefficient (Wildman–Crippen LogP) is 4.62. The number of aldehydes is 1. The lowest BCUT2D eigenvalue weighted by Gasteiger charge is -2.49. The zero-order valence-corrected chi connectivity index (χ0v) is 31.1. The Morgan fingerprint density at radius 3 is 2.23 bits per heavy atom. The van der Waals surface area contributed by atoms with E-state index < -0.39 is 69.5 Å². The van der Waals surface area contributed by atoms with Gasteiger partial charge in [-0.05, 0) is 33.8 Å². The Hall–Kier alpha value is -4.72. The average Bonchev–Trinajstić information content (AvgIpc) is 3.30. The summed E-state index contributed by atoms with van der Waals surface area (Å²) in [7, 11) is 0. The van der Waals surface area contributed by atoms with Crippen LogP contribution in [0.15, 0.2) is 47.7 Å². The van der Waals surface area contributed by atoms with Crippen LogP contribution in [0.1, 0.15) is 99.0 Å². The number of allylic oxidation sites excluding steroid dienone is 5. The van der Waals surface area contributed by atoms with Crippen LogP contribution < -0.4 is 10.1 Å². The molecular formula is C39H47NO12. The molecule has 8 unspecified atom stereocenters. The molecule has 0 aromatic heterocycles. The van der Waals surface area contributed by atoms with E-state index in [0.29, 0.717) is 6.29 Å². The summed E-state index contributed by atoms with van der Waals surface area (Å²) in [5.41, 5.74) is -1.38. The molecule has 3 aliphatic rings. The lowest BCUT2D eigenvalue weighted by atomic mass is 9.78. The maximum Gasteiger partial charge on any atom is 0.302 e. The van der Waals surface area contributed by atoms with E-state index in [0.717, 1.165) is 13.0 Å². The molecule has 3 N–H and O–H groups in total. The number of Topliss-reactive ketones (excluding diaryl/α,β-unsaturated/α-hetero) is 2. The average molecular weight is 722 g/mol. The van der Waals surface area contributed by atoms with Gasteiger partial charge in [-0.2, -0.15) is 0 Å². The summed E-state index contributed by atoms with van der Waals surface area (Å²) >= 11 is 0. The SMILES string of the molecule is CC(=O)OC(C(C)/C=C\C=O)C(C)C1OC(C)(C)OC(C(C)/C=C/C=C(\C)C(=O)NC2=CC(=O)c3c(c(O)c(C)c4c3C(=O)C(C)(O)O4)C2=O)C1C. The van der Waals surface area contributed by atoms with Crippen LogP contribution in [0, 0.1) is 30.6 Å². The standard InChI is InChI=1S/C39H47NO12/c1-18(15-12-16-41)32(49-24(7)42)22(5)34-23(6)33(50-38(8,9)51-34)19(2)13-11-14-20(3)37(47)40-25-17-26(43)27-28(31(25)45)30(44)21(4)35-29(27)36(46)39(10,48)52-35/h11-19,22-23,32-34,44,48H,1-10H3,(H,40,47)/b13-11+,15-12-,20-14+. The van der Waals surface area contributed by atoms with Crippen molar-refractivity contribution >= 4 is 35.5 Å². The molecule has 1 saturated heterocycles. The zero-order valence-electron chi connectivity index (χ0n) is 31.1. The quantitative estimate of drug-likeness (QED) is 0.125. The van der Waals surface area contributed by atoms with E-state index in [4.69, 9.17) is 18.9 Å². The van der Waals surface area contributed by atoms with Crippen molar-refractivity contribution in [2.45, 2.75) is 99.1 Å². The van der Waals surface area contributed by atoms with Crippen molar-refractivity contribution in [1.29, 1.82) is 0 Å². The van der Waals surface area contributed by atoms with Crippen molar-refractivity contribution in [3.05, 3.63) is 70.0 Å². The van der Waals surface area contributed by atoms with Gasteiger partial charge in [-0.15, -0.1) is 0 Å². The van der Waals surface area contributed by atoms with Gasteiger partial charge in [0, 0.05) is 54.7 Å². The fourth-order valence-corrected chi connectivity index (χ4v) is 7.07. The van der Waals surface area contributed by atoms with Gasteiger partial charge in [0.15, 0.2) is 11.6 Å². The first-order valence-electron chi connectivity index (χ1n) is 17.1. The van der Waals surface area contributed by atoms with Crippen LogP contribution in [0.4, 0.5) is 0 Å². The Kier molecular flexibility index (Phi) is 11.6. The number of nitrogens with one attached hydrogen (secondary N) is 1. The van der Waals surface area contributed by atoms with Gasteiger partial charge in [0.2, 0.25) is 11.6 Å². The lowest BCUT2D eigenvalue weighted by Crippen LogP contribution is -2.56. The highest BCUT2D eigenvalue weighted by atomic mass is 16.7. The minimum atomic E-state index is -2.28. The van der Waals surface area contributed by atoms with Gasteiger partial charge in [-0.25, -0.2) is 0 Å². The van der Waals surface area contributed by atoms with E-state index in [1.807, 2.05) is 33.8 Å². The minimum Gasteiger partial charge on any atom is -0.507 e. The number of fused-ring (bicyclic) bond motifs is 3. The molecule has 2 heterocycles. The molecule has 1 aromatic carbocycles. The van der Waals surface area contributed by atoms with E-state index in [-0.39, 0.29) is 58.3 Å². The summed E-state index contributed by atoms with van der Waals surface area (Å²) in [6, 6.07) is 0. The highest BCUT2D eigenvalue weighted by molar-refractivity contribution is 6.30. The van der Waals surface area contributed by atoms with E-state index in [1.54, 1.807) is 26.0 Å². The fraction of sp³-hybridized carbons (Fsp3) is 0.487. The maximum absolute atomic E-state index is 13.5. The third-order valence-electron chi connectivity index (χ3n) is 9.71. The molecule has 8 atom stereocenters. The number of hydrogen-bond donors (Lipinski definition) is 3. The highest BCUT2D eigenvalue weighted by Gasteiger charge is 2.50. The number of ketones is 3. The monoisotopic (exact) mass is 721 g/mol.